The Balaban J connectivity index is 2.30. The number of rotatable bonds is 2. The molecule has 0 atom stereocenters. The molecule has 98 valence electrons. The second kappa shape index (κ2) is 4.89. The largest absolute Gasteiger partial charge is 0.367 e. The lowest BCUT2D eigenvalue weighted by molar-refractivity contribution is 0.0995. The summed E-state index contributed by atoms with van der Waals surface area (Å²) in [5.41, 5.74) is 4.74. The fourth-order valence-electron chi connectivity index (χ4n) is 2.02. The van der Waals surface area contributed by atoms with E-state index < -0.39 is 23.1 Å². The summed E-state index contributed by atoms with van der Waals surface area (Å²) in [5.74, 6) is -3.13. The first-order valence-corrected chi connectivity index (χ1v) is 5.72. The van der Waals surface area contributed by atoms with Crippen LogP contribution < -0.4 is 10.6 Å². The monoisotopic (exact) mass is 255 g/mol. The molecule has 0 unspecified atom stereocenters. The standard InChI is InChI=1S/C12H15F2N3O/c1-16-4-6-17(7-5-16)9-3-2-8(12(15)18)10(13)11(9)14/h2-3H,4-7H2,1H3,(H2,15,18). The Labute approximate surface area is 104 Å². The number of carbonyl (C=O) groups is 1. The van der Waals surface area contributed by atoms with Crippen molar-refractivity contribution >= 4 is 11.6 Å². The summed E-state index contributed by atoms with van der Waals surface area (Å²) in [6.07, 6.45) is 0. The van der Waals surface area contributed by atoms with Crippen molar-refractivity contribution in [1.82, 2.24) is 4.90 Å². The Hall–Kier alpha value is -1.69. The van der Waals surface area contributed by atoms with E-state index in [0.29, 0.717) is 13.1 Å². The third-order valence-electron chi connectivity index (χ3n) is 3.17. The summed E-state index contributed by atoms with van der Waals surface area (Å²) in [6.45, 7) is 2.84. The van der Waals surface area contributed by atoms with Gasteiger partial charge in [-0.05, 0) is 19.2 Å². The van der Waals surface area contributed by atoms with Gasteiger partial charge >= 0.3 is 0 Å². The maximum atomic E-state index is 13.9. The lowest BCUT2D eigenvalue weighted by atomic mass is 10.1. The van der Waals surface area contributed by atoms with Gasteiger partial charge in [-0.3, -0.25) is 4.79 Å². The third kappa shape index (κ3) is 2.28. The number of anilines is 1. The molecule has 0 saturated carbocycles. The number of primary amides is 1. The van der Waals surface area contributed by atoms with Gasteiger partial charge in [-0.25, -0.2) is 8.78 Å². The summed E-state index contributed by atoms with van der Waals surface area (Å²) in [6, 6.07) is 2.64. The molecule has 1 aliphatic heterocycles. The maximum Gasteiger partial charge on any atom is 0.251 e. The van der Waals surface area contributed by atoms with Gasteiger partial charge in [0.15, 0.2) is 11.6 Å². The van der Waals surface area contributed by atoms with Crippen LogP contribution in [0.2, 0.25) is 0 Å². The molecule has 1 aromatic carbocycles. The molecule has 0 aromatic heterocycles. The zero-order chi connectivity index (χ0) is 13.3. The van der Waals surface area contributed by atoms with Crippen molar-refractivity contribution in [2.24, 2.45) is 5.73 Å². The van der Waals surface area contributed by atoms with Gasteiger partial charge in [0.2, 0.25) is 0 Å². The molecule has 1 aliphatic rings. The summed E-state index contributed by atoms with van der Waals surface area (Å²) >= 11 is 0. The van der Waals surface area contributed by atoms with Crippen molar-refractivity contribution in [2.45, 2.75) is 0 Å². The zero-order valence-electron chi connectivity index (χ0n) is 10.1. The molecule has 0 spiro atoms. The Morgan fingerprint density at radius 2 is 1.78 bits per heavy atom. The minimum atomic E-state index is -1.17. The molecule has 2 rings (SSSR count). The first-order chi connectivity index (χ1) is 8.50. The summed E-state index contributed by atoms with van der Waals surface area (Å²) in [7, 11) is 1.98. The number of amides is 1. The number of nitrogens with zero attached hydrogens (tertiary/aromatic N) is 2. The maximum absolute atomic E-state index is 13.9. The van der Waals surface area contributed by atoms with E-state index in [4.69, 9.17) is 5.73 Å². The molecule has 1 heterocycles. The number of hydrogen-bond acceptors (Lipinski definition) is 3. The Kier molecular flexibility index (Phi) is 3.47. The Morgan fingerprint density at radius 1 is 1.17 bits per heavy atom. The lowest BCUT2D eigenvalue weighted by Gasteiger charge is -2.34. The zero-order valence-corrected chi connectivity index (χ0v) is 10.1. The number of nitrogens with two attached hydrogens (primary N) is 1. The van der Waals surface area contributed by atoms with Crippen LogP contribution in [0.3, 0.4) is 0 Å². The number of piperazine rings is 1. The smallest absolute Gasteiger partial charge is 0.251 e. The van der Waals surface area contributed by atoms with Crippen molar-refractivity contribution in [3.8, 4) is 0 Å². The lowest BCUT2D eigenvalue weighted by Crippen LogP contribution is -2.45. The van der Waals surface area contributed by atoms with Crippen molar-refractivity contribution in [2.75, 3.05) is 38.1 Å². The molecule has 0 aliphatic carbocycles. The molecule has 0 bridgehead atoms. The van der Waals surface area contributed by atoms with Crippen LogP contribution in [-0.4, -0.2) is 44.0 Å². The van der Waals surface area contributed by atoms with Gasteiger partial charge in [0.05, 0.1) is 11.3 Å². The highest BCUT2D eigenvalue weighted by molar-refractivity contribution is 5.93. The van der Waals surface area contributed by atoms with Gasteiger partial charge in [-0.15, -0.1) is 0 Å². The van der Waals surface area contributed by atoms with E-state index in [1.54, 1.807) is 4.90 Å². The minimum Gasteiger partial charge on any atom is -0.367 e. The number of hydrogen-bond donors (Lipinski definition) is 1. The van der Waals surface area contributed by atoms with Crippen LogP contribution >= 0.6 is 0 Å². The predicted molar refractivity (Wildman–Crippen MR) is 64.6 cm³/mol. The molecule has 1 fully saturated rings. The first kappa shape index (κ1) is 12.8. The van der Waals surface area contributed by atoms with Crippen molar-refractivity contribution in [3.63, 3.8) is 0 Å². The van der Waals surface area contributed by atoms with Crippen molar-refractivity contribution in [3.05, 3.63) is 29.3 Å². The fourth-order valence-corrected chi connectivity index (χ4v) is 2.02. The van der Waals surface area contributed by atoms with Gasteiger partial charge in [-0.1, -0.05) is 0 Å². The first-order valence-electron chi connectivity index (χ1n) is 5.72. The van der Waals surface area contributed by atoms with Crippen LogP contribution in [0, 0.1) is 11.6 Å². The van der Waals surface area contributed by atoms with Gasteiger partial charge in [0.25, 0.3) is 5.91 Å². The quantitative estimate of drug-likeness (QED) is 0.851. The highest BCUT2D eigenvalue weighted by Gasteiger charge is 2.22. The van der Waals surface area contributed by atoms with Crippen LogP contribution in [0.1, 0.15) is 10.4 Å². The average molecular weight is 255 g/mol. The SMILES string of the molecule is CN1CCN(c2ccc(C(N)=O)c(F)c2F)CC1. The number of halogens is 2. The van der Waals surface area contributed by atoms with Crippen LogP contribution in [0.4, 0.5) is 14.5 Å². The molecule has 1 aromatic rings. The molecule has 2 N–H and O–H groups in total. The van der Waals surface area contributed by atoms with E-state index in [1.165, 1.54) is 12.1 Å². The van der Waals surface area contributed by atoms with E-state index in [2.05, 4.69) is 4.90 Å². The van der Waals surface area contributed by atoms with E-state index in [1.807, 2.05) is 7.05 Å². The fraction of sp³-hybridized carbons (Fsp3) is 0.417. The minimum absolute atomic E-state index is 0.186. The molecule has 0 radical (unpaired) electrons. The molecular formula is C12H15F2N3O. The van der Waals surface area contributed by atoms with Crippen LogP contribution in [-0.2, 0) is 0 Å². The highest BCUT2D eigenvalue weighted by atomic mass is 19.2. The van der Waals surface area contributed by atoms with Crippen LogP contribution in [0.5, 0.6) is 0 Å². The predicted octanol–water partition coefficient (Wildman–Crippen LogP) is 0.816. The molecule has 6 heteroatoms. The molecule has 1 amide bonds. The molecule has 4 nitrogen and oxygen atoms in total. The van der Waals surface area contributed by atoms with Gasteiger partial charge in [-0.2, -0.15) is 0 Å². The summed E-state index contributed by atoms with van der Waals surface area (Å²) in [5, 5.41) is 0. The molecule has 1 saturated heterocycles. The van der Waals surface area contributed by atoms with E-state index in [0.717, 1.165) is 13.1 Å². The van der Waals surface area contributed by atoms with E-state index >= 15 is 0 Å². The third-order valence-corrected chi connectivity index (χ3v) is 3.17. The number of benzene rings is 1. The van der Waals surface area contributed by atoms with Crippen molar-refractivity contribution < 1.29 is 13.6 Å². The van der Waals surface area contributed by atoms with E-state index in [9.17, 15) is 13.6 Å². The van der Waals surface area contributed by atoms with Gasteiger partial charge < -0.3 is 15.5 Å². The topological polar surface area (TPSA) is 49.6 Å². The van der Waals surface area contributed by atoms with E-state index in [-0.39, 0.29) is 5.69 Å². The molecular weight excluding hydrogens is 240 g/mol. The van der Waals surface area contributed by atoms with Gasteiger partial charge in [0, 0.05) is 26.2 Å². The summed E-state index contributed by atoms with van der Waals surface area (Å²) in [4.78, 5) is 14.8. The molecule has 18 heavy (non-hydrogen) atoms. The highest BCUT2D eigenvalue weighted by Crippen LogP contribution is 2.24. The second-order valence-corrected chi connectivity index (χ2v) is 4.41. The van der Waals surface area contributed by atoms with Gasteiger partial charge in [0.1, 0.15) is 0 Å². The number of carbonyl (C=O) groups excluding carboxylic acids is 1. The normalized spacial score (nSPS) is 16.9. The number of likely N-dealkylation sites (N-methyl/N-ethyl adjacent to an activating group) is 1. The van der Waals surface area contributed by atoms with Crippen LogP contribution in [0.25, 0.3) is 0 Å². The average Bonchev–Trinajstić information content (AvgIpc) is 2.33. The Bertz CT molecular complexity index is 471. The second-order valence-electron chi connectivity index (χ2n) is 4.41. The summed E-state index contributed by atoms with van der Waals surface area (Å²) < 4.78 is 27.5. The Morgan fingerprint density at radius 3 is 2.33 bits per heavy atom. The van der Waals surface area contributed by atoms with Crippen LogP contribution in [0.15, 0.2) is 12.1 Å². The van der Waals surface area contributed by atoms with Crippen molar-refractivity contribution in [1.29, 1.82) is 0 Å².